The molecule has 3 rings (SSSR count). The molecule has 0 fully saturated rings. The summed E-state index contributed by atoms with van der Waals surface area (Å²) in [5.41, 5.74) is 2.26. The van der Waals surface area contributed by atoms with Gasteiger partial charge in [-0.15, -0.1) is 0 Å². The molecule has 1 aromatic heterocycles. The van der Waals surface area contributed by atoms with Gasteiger partial charge in [0, 0.05) is 29.0 Å². The first-order chi connectivity index (χ1) is 12.2. The molecule has 0 spiro atoms. The normalized spacial score (nSPS) is 12.2. The molecule has 0 radical (unpaired) electrons. The zero-order valence-corrected chi connectivity index (χ0v) is 15.3. The van der Waals surface area contributed by atoms with Crippen molar-refractivity contribution < 1.29 is 4.74 Å². The summed E-state index contributed by atoms with van der Waals surface area (Å²) in [6, 6.07) is 15.9. The molecule has 0 N–H and O–H groups in total. The number of ether oxygens (including phenoxy) is 1. The Kier molecular flexibility index (Phi) is 6.51. The van der Waals surface area contributed by atoms with Gasteiger partial charge in [-0.25, -0.2) is 4.98 Å². The van der Waals surface area contributed by atoms with Crippen molar-refractivity contribution in [2.75, 3.05) is 0 Å². The quantitative estimate of drug-likeness (QED) is 0.527. The topological polar surface area (TPSA) is 27.1 Å². The Hall–Kier alpha value is -1.81. The SMILES string of the molecule is Clc1ccc(COC(CCc2ccccc2)Cn2ccnc2)c(Cl)c1. The van der Waals surface area contributed by atoms with Crippen molar-refractivity contribution in [2.24, 2.45) is 0 Å². The van der Waals surface area contributed by atoms with Crippen LogP contribution >= 0.6 is 23.2 Å². The Morgan fingerprint density at radius 1 is 1.08 bits per heavy atom. The van der Waals surface area contributed by atoms with Crippen molar-refractivity contribution in [2.45, 2.75) is 32.1 Å². The van der Waals surface area contributed by atoms with E-state index in [0.29, 0.717) is 16.7 Å². The van der Waals surface area contributed by atoms with E-state index in [1.807, 2.05) is 35.3 Å². The monoisotopic (exact) mass is 374 g/mol. The first-order valence-electron chi connectivity index (χ1n) is 8.26. The van der Waals surface area contributed by atoms with E-state index in [0.717, 1.165) is 24.9 Å². The molecule has 1 heterocycles. The van der Waals surface area contributed by atoms with Crippen LogP contribution in [0, 0.1) is 0 Å². The first kappa shape index (κ1) is 18.0. The molecule has 0 amide bonds. The highest BCUT2D eigenvalue weighted by Crippen LogP contribution is 2.22. The summed E-state index contributed by atoms with van der Waals surface area (Å²) in [6.45, 7) is 1.22. The molecule has 2 aromatic carbocycles. The highest BCUT2D eigenvalue weighted by molar-refractivity contribution is 6.35. The zero-order valence-electron chi connectivity index (χ0n) is 13.8. The van der Waals surface area contributed by atoms with Gasteiger partial charge >= 0.3 is 0 Å². The van der Waals surface area contributed by atoms with E-state index in [1.54, 1.807) is 12.3 Å². The maximum absolute atomic E-state index is 6.25. The first-order valence-corrected chi connectivity index (χ1v) is 9.01. The van der Waals surface area contributed by atoms with Crippen LogP contribution in [0.5, 0.6) is 0 Å². The standard InChI is InChI=1S/C20H20Cl2N2O/c21-18-8-7-17(20(22)12-18)14-25-19(13-24-11-10-23-15-24)9-6-16-4-2-1-3-5-16/h1-5,7-8,10-12,15,19H,6,9,13-14H2. The van der Waals surface area contributed by atoms with Gasteiger partial charge < -0.3 is 9.30 Å². The lowest BCUT2D eigenvalue weighted by molar-refractivity contribution is 0.0240. The third-order valence-electron chi connectivity index (χ3n) is 4.06. The van der Waals surface area contributed by atoms with Crippen molar-refractivity contribution in [3.8, 4) is 0 Å². The minimum absolute atomic E-state index is 0.0705. The summed E-state index contributed by atoms with van der Waals surface area (Å²) >= 11 is 12.2. The van der Waals surface area contributed by atoms with Crippen LogP contribution in [-0.4, -0.2) is 15.7 Å². The largest absolute Gasteiger partial charge is 0.372 e. The fourth-order valence-corrected chi connectivity index (χ4v) is 3.14. The van der Waals surface area contributed by atoms with Crippen molar-refractivity contribution in [1.82, 2.24) is 9.55 Å². The van der Waals surface area contributed by atoms with Gasteiger partial charge in [0.1, 0.15) is 0 Å². The molecule has 3 nitrogen and oxygen atoms in total. The Bertz CT molecular complexity index is 776. The number of hydrogen-bond donors (Lipinski definition) is 0. The second kappa shape index (κ2) is 9.04. The molecule has 1 atom stereocenters. The fourth-order valence-electron chi connectivity index (χ4n) is 2.68. The molecule has 1 unspecified atom stereocenters. The fraction of sp³-hybridized carbons (Fsp3) is 0.250. The molecule has 3 aromatic rings. The van der Waals surface area contributed by atoms with Crippen LogP contribution in [0.2, 0.25) is 10.0 Å². The van der Waals surface area contributed by atoms with Crippen LogP contribution in [0.1, 0.15) is 17.5 Å². The van der Waals surface area contributed by atoms with Gasteiger partial charge in [-0.1, -0.05) is 59.6 Å². The van der Waals surface area contributed by atoms with Crippen LogP contribution in [0.25, 0.3) is 0 Å². The highest BCUT2D eigenvalue weighted by atomic mass is 35.5. The number of nitrogens with zero attached hydrogens (tertiary/aromatic N) is 2. The van der Waals surface area contributed by atoms with Crippen molar-refractivity contribution in [3.63, 3.8) is 0 Å². The third-order valence-corrected chi connectivity index (χ3v) is 4.65. The van der Waals surface area contributed by atoms with Gasteiger partial charge in [-0.2, -0.15) is 0 Å². The lowest BCUT2D eigenvalue weighted by Crippen LogP contribution is -2.20. The number of aromatic nitrogens is 2. The Balaban J connectivity index is 1.63. The van der Waals surface area contributed by atoms with Crippen LogP contribution in [0.4, 0.5) is 0 Å². The summed E-state index contributed by atoms with van der Waals surface area (Å²) < 4.78 is 8.21. The molecule has 0 aliphatic rings. The highest BCUT2D eigenvalue weighted by Gasteiger charge is 2.12. The van der Waals surface area contributed by atoms with Gasteiger partial charge in [-0.05, 0) is 36.1 Å². The summed E-state index contributed by atoms with van der Waals surface area (Å²) in [6.07, 6.45) is 7.51. The number of hydrogen-bond acceptors (Lipinski definition) is 2. The summed E-state index contributed by atoms with van der Waals surface area (Å²) in [7, 11) is 0. The molecular weight excluding hydrogens is 355 g/mol. The molecule has 0 aliphatic heterocycles. The van der Waals surface area contributed by atoms with Gasteiger partial charge in [0.15, 0.2) is 0 Å². The molecule has 0 saturated carbocycles. The summed E-state index contributed by atoms with van der Waals surface area (Å²) in [5, 5.41) is 1.27. The molecular formula is C20H20Cl2N2O. The predicted molar refractivity (Wildman–Crippen MR) is 102 cm³/mol. The van der Waals surface area contributed by atoms with E-state index >= 15 is 0 Å². The van der Waals surface area contributed by atoms with Gasteiger partial charge in [0.05, 0.1) is 19.0 Å². The average molecular weight is 375 g/mol. The maximum atomic E-state index is 6.25. The second-order valence-electron chi connectivity index (χ2n) is 5.95. The van der Waals surface area contributed by atoms with Crippen molar-refractivity contribution >= 4 is 23.2 Å². The molecule has 25 heavy (non-hydrogen) atoms. The number of rotatable bonds is 8. The van der Waals surface area contributed by atoms with Crippen molar-refractivity contribution in [1.29, 1.82) is 0 Å². The lowest BCUT2D eigenvalue weighted by Gasteiger charge is -2.19. The molecule has 0 aliphatic carbocycles. The Labute approximate surface area is 158 Å². The second-order valence-corrected chi connectivity index (χ2v) is 6.80. The minimum Gasteiger partial charge on any atom is -0.372 e. The lowest BCUT2D eigenvalue weighted by atomic mass is 10.1. The van der Waals surface area contributed by atoms with Crippen LogP contribution in [0.15, 0.2) is 67.3 Å². The van der Waals surface area contributed by atoms with E-state index in [1.165, 1.54) is 5.56 Å². The van der Waals surface area contributed by atoms with E-state index in [-0.39, 0.29) is 6.10 Å². The maximum Gasteiger partial charge on any atom is 0.0946 e. The zero-order chi connectivity index (χ0) is 17.5. The predicted octanol–water partition coefficient (Wildman–Crippen LogP) is 5.41. The van der Waals surface area contributed by atoms with E-state index in [2.05, 4.69) is 29.2 Å². The smallest absolute Gasteiger partial charge is 0.0946 e. The minimum atomic E-state index is 0.0705. The van der Waals surface area contributed by atoms with Crippen molar-refractivity contribution in [3.05, 3.63) is 88.4 Å². The van der Waals surface area contributed by atoms with Crippen LogP contribution < -0.4 is 0 Å². The van der Waals surface area contributed by atoms with E-state index in [4.69, 9.17) is 27.9 Å². The number of imidazole rings is 1. The van der Waals surface area contributed by atoms with E-state index < -0.39 is 0 Å². The van der Waals surface area contributed by atoms with Gasteiger partial charge in [-0.3, -0.25) is 0 Å². The number of benzene rings is 2. The van der Waals surface area contributed by atoms with Gasteiger partial charge in [0.25, 0.3) is 0 Å². The molecule has 0 bridgehead atoms. The molecule has 5 heteroatoms. The Morgan fingerprint density at radius 2 is 1.92 bits per heavy atom. The van der Waals surface area contributed by atoms with E-state index in [9.17, 15) is 0 Å². The summed E-state index contributed by atoms with van der Waals surface area (Å²) in [5.74, 6) is 0. The Morgan fingerprint density at radius 3 is 2.64 bits per heavy atom. The average Bonchev–Trinajstić information content (AvgIpc) is 3.12. The van der Waals surface area contributed by atoms with Crippen LogP contribution in [0.3, 0.4) is 0 Å². The number of halogens is 2. The third kappa shape index (κ3) is 5.60. The molecule has 130 valence electrons. The molecule has 0 saturated heterocycles. The summed E-state index contributed by atoms with van der Waals surface area (Å²) in [4.78, 5) is 4.11. The van der Waals surface area contributed by atoms with Crippen LogP contribution in [-0.2, 0) is 24.3 Å². The van der Waals surface area contributed by atoms with Gasteiger partial charge in [0.2, 0.25) is 0 Å². The number of aryl methyl sites for hydroxylation is 1.